The van der Waals surface area contributed by atoms with Gasteiger partial charge in [-0.25, -0.2) is 13.4 Å². The van der Waals surface area contributed by atoms with Crippen LogP contribution in [-0.4, -0.2) is 49.2 Å². The van der Waals surface area contributed by atoms with E-state index in [0.717, 1.165) is 31.2 Å². The highest BCUT2D eigenvalue weighted by Crippen LogP contribution is 2.28. The van der Waals surface area contributed by atoms with Crippen LogP contribution in [0.2, 0.25) is 0 Å². The Kier molecular flexibility index (Phi) is 6.57. The molecule has 0 spiro atoms. The van der Waals surface area contributed by atoms with Crippen molar-refractivity contribution in [1.29, 1.82) is 0 Å². The maximum Gasteiger partial charge on any atom is 0.243 e. The number of hydrogen-bond acceptors (Lipinski definition) is 5. The number of rotatable bonds is 5. The normalized spacial score (nSPS) is 20.2. The van der Waals surface area contributed by atoms with Crippen LogP contribution < -0.4 is 10.2 Å². The zero-order valence-electron chi connectivity index (χ0n) is 18.2. The maximum absolute atomic E-state index is 13.0. The third-order valence-electron chi connectivity index (χ3n) is 6.10. The molecule has 170 valence electrons. The summed E-state index contributed by atoms with van der Waals surface area (Å²) in [7, 11) is -3.54. The van der Waals surface area contributed by atoms with Crippen LogP contribution in [0.15, 0.2) is 47.5 Å². The minimum Gasteiger partial charge on any atom is -0.312 e. The van der Waals surface area contributed by atoms with Crippen molar-refractivity contribution in [1.82, 2.24) is 9.29 Å². The van der Waals surface area contributed by atoms with Gasteiger partial charge in [-0.3, -0.25) is 9.59 Å². The monoisotopic (exact) mass is 456 g/mol. The molecule has 0 saturated carbocycles. The molecule has 1 N–H and O–H groups in total. The molecule has 2 saturated heterocycles. The first-order valence-corrected chi connectivity index (χ1v) is 12.4. The molecular weight excluding hydrogens is 428 g/mol. The molecule has 2 amide bonds. The highest BCUT2D eigenvalue weighted by Gasteiger charge is 2.35. The zero-order valence-corrected chi connectivity index (χ0v) is 19.0. The molecule has 4 rings (SSSR count). The van der Waals surface area contributed by atoms with Crippen molar-refractivity contribution in [2.75, 3.05) is 29.9 Å². The Bertz CT molecular complexity index is 1090. The van der Waals surface area contributed by atoms with Gasteiger partial charge in [0.2, 0.25) is 21.8 Å². The minimum absolute atomic E-state index is 0.103. The number of carbonyl (C=O) groups excluding carboxylic acids is 2. The largest absolute Gasteiger partial charge is 0.312 e. The third-order valence-corrected chi connectivity index (χ3v) is 8.01. The second-order valence-electron chi connectivity index (χ2n) is 8.38. The maximum atomic E-state index is 13.0. The van der Waals surface area contributed by atoms with E-state index in [9.17, 15) is 18.0 Å². The van der Waals surface area contributed by atoms with Crippen LogP contribution in [0.3, 0.4) is 0 Å². The van der Waals surface area contributed by atoms with Crippen molar-refractivity contribution >= 4 is 33.3 Å². The van der Waals surface area contributed by atoms with E-state index in [4.69, 9.17) is 0 Å². The zero-order chi connectivity index (χ0) is 22.7. The number of sulfonamides is 1. The van der Waals surface area contributed by atoms with E-state index in [-0.39, 0.29) is 29.7 Å². The van der Waals surface area contributed by atoms with Crippen LogP contribution in [0.25, 0.3) is 0 Å². The van der Waals surface area contributed by atoms with E-state index >= 15 is 0 Å². The van der Waals surface area contributed by atoms with Gasteiger partial charge in [-0.05, 0) is 55.7 Å². The summed E-state index contributed by atoms with van der Waals surface area (Å²) in [6.07, 6.45) is 5.57. The first-order chi connectivity index (χ1) is 15.4. The van der Waals surface area contributed by atoms with Gasteiger partial charge in [0.05, 0.1) is 10.8 Å². The molecule has 1 aromatic carbocycles. The van der Waals surface area contributed by atoms with Crippen LogP contribution >= 0.6 is 0 Å². The molecule has 2 fully saturated rings. The van der Waals surface area contributed by atoms with Crippen LogP contribution in [-0.2, 0) is 19.6 Å². The Morgan fingerprint density at radius 2 is 1.75 bits per heavy atom. The average Bonchev–Trinajstić information content (AvgIpc) is 2.98. The summed E-state index contributed by atoms with van der Waals surface area (Å²) in [6.45, 7) is 3.19. The number of aromatic nitrogens is 1. The molecule has 0 unspecified atom stereocenters. The van der Waals surface area contributed by atoms with Crippen molar-refractivity contribution in [2.24, 2.45) is 5.92 Å². The number of nitrogens with zero attached hydrogens (tertiary/aromatic N) is 3. The summed E-state index contributed by atoms with van der Waals surface area (Å²) < 4.78 is 27.5. The van der Waals surface area contributed by atoms with Gasteiger partial charge in [0, 0.05) is 37.9 Å². The molecule has 32 heavy (non-hydrogen) atoms. The summed E-state index contributed by atoms with van der Waals surface area (Å²) in [4.78, 5) is 31.2. The van der Waals surface area contributed by atoms with Crippen molar-refractivity contribution in [3.8, 4) is 0 Å². The SMILES string of the molecule is Cc1cccnc1NC(=O)[C@H]1CC(=O)N(c2ccc(S(=O)(=O)N3CCCCCC3)cc2)C1. The first-order valence-electron chi connectivity index (χ1n) is 11.0. The molecular formula is C23H28N4O4S. The number of hydrogen-bond donors (Lipinski definition) is 1. The quantitative estimate of drug-likeness (QED) is 0.746. The Hall–Kier alpha value is -2.78. The van der Waals surface area contributed by atoms with E-state index in [1.807, 2.05) is 13.0 Å². The van der Waals surface area contributed by atoms with Crippen LogP contribution in [0, 0.1) is 12.8 Å². The number of anilines is 2. The molecule has 1 aromatic heterocycles. The van der Waals surface area contributed by atoms with E-state index < -0.39 is 15.9 Å². The lowest BCUT2D eigenvalue weighted by molar-refractivity contribution is -0.122. The van der Waals surface area contributed by atoms with Gasteiger partial charge in [-0.2, -0.15) is 4.31 Å². The molecule has 3 heterocycles. The molecule has 9 heteroatoms. The number of carbonyl (C=O) groups is 2. The fraction of sp³-hybridized carbons (Fsp3) is 0.435. The number of benzene rings is 1. The highest BCUT2D eigenvalue weighted by atomic mass is 32.2. The van der Waals surface area contributed by atoms with E-state index in [1.54, 1.807) is 40.8 Å². The summed E-state index contributed by atoms with van der Waals surface area (Å²) in [5.41, 5.74) is 1.44. The van der Waals surface area contributed by atoms with Gasteiger partial charge >= 0.3 is 0 Å². The van der Waals surface area contributed by atoms with Crippen molar-refractivity contribution < 1.29 is 18.0 Å². The van der Waals surface area contributed by atoms with Gasteiger partial charge < -0.3 is 10.2 Å². The van der Waals surface area contributed by atoms with Gasteiger partial charge in [0.15, 0.2) is 0 Å². The summed E-state index contributed by atoms with van der Waals surface area (Å²) >= 11 is 0. The predicted octanol–water partition coefficient (Wildman–Crippen LogP) is 2.95. The second-order valence-corrected chi connectivity index (χ2v) is 10.3. The molecule has 0 aliphatic carbocycles. The summed E-state index contributed by atoms with van der Waals surface area (Å²) in [6, 6.07) is 10.0. The van der Waals surface area contributed by atoms with Crippen LogP contribution in [0.1, 0.15) is 37.7 Å². The Morgan fingerprint density at radius 3 is 2.41 bits per heavy atom. The number of amides is 2. The van der Waals surface area contributed by atoms with Crippen LogP contribution in [0.5, 0.6) is 0 Å². The highest BCUT2D eigenvalue weighted by molar-refractivity contribution is 7.89. The van der Waals surface area contributed by atoms with Gasteiger partial charge in [0.25, 0.3) is 0 Å². The lowest BCUT2D eigenvalue weighted by atomic mass is 10.1. The van der Waals surface area contributed by atoms with E-state index in [0.29, 0.717) is 24.6 Å². The molecule has 2 aliphatic heterocycles. The second kappa shape index (κ2) is 9.38. The smallest absolute Gasteiger partial charge is 0.243 e. The molecule has 0 bridgehead atoms. The van der Waals surface area contributed by atoms with Crippen molar-refractivity contribution in [3.05, 3.63) is 48.2 Å². The lowest BCUT2D eigenvalue weighted by Gasteiger charge is -2.21. The lowest BCUT2D eigenvalue weighted by Crippen LogP contribution is -2.32. The molecule has 2 aromatic rings. The fourth-order valence-electron chi connectivity index (χ4n) is 4.20. The Morgan fingerprint density at radius 1 is 1.06 bits per heavy atom. The van der Waals surface area contributed by atoms with E-state index in [1.165, 1.54) is 4.90 Å². The number of aryl methyl sites for hydroxylation is 1. The number of pyridine rings is 1. The minimum atomic E-state index is -3.54. The van der Waals surface area contributed by atoms with Crippen LogP contribution in [0.4, 0.5) is 11.5 Å². The van der Waals surface area contributed by atoms with Gasteiger partial charge in [0.1, 0.15) is 5.82 Å². The third kappa shape index (κ3) is 4.68. The Balaban J connectivity index is 1.44. The van der Waals surface area contributed by atoms with Gasteiger partial charge in [-0.15, -0.1) is 0 Å². The number of nitrogens with one attached hydrogen (secondary N) is 1. The van der Waals surface area contributed by atoms with Crippen molar-refractivity contribution in [2.45, 2.75) is 43.9 Å². The standard InChI is InChI=1S/C23H28N4O4S/c1-17-7-6-12-24-22(17)25-23(29)18-15-21(28)27(16-18)19-8-10-20(11-9-19)32(30,31)26-13-4-2-3-5-14-26/h6-12,18H,2-5,13-16H2,1H3,(H,24,25,29)/t18-/m0/s1. The molecule has 8 nitrogen and oxygen atoms in total. The van der Waals surface area contributed by atoms with E-state index in [2.05, 4.69) is 10.3 Å². The fourth-order valence-corrected chi connectivity index (χ4v) is 5.71. The predicted molar refractivity (Wildman–Crippen MR) is 122 cm³/mol. The molecule has 0 radical (unpaired) electrons. The Labute approximate surface area is 188 Å². The first kappa shape index (κ1) is 22.4. The topological polar surface area (TPSA) is 99.7 Å². The summed E-state index contributed by atoms with van der Waals surface area (Å²) in [5, 5.41) is 2.80. The van der Waals surface area contributed by atoms with Gasteiger partial charge in [-0.1, -0.05) is 18.9 Å². The summed E-state index contributed by atoms with van der Waals surface area (Å²) in [5.74, 6) is -0.412. The average molecular weight is 457 g/mol. The van der Waals surface area contributed by atoms with Crippen molar-refractivity contribution in [3.63, 3.8) is 0 Å². The molecule has 1 atom stereocenters. The molecule has 2 aliphatic rings.